The molecule has 0 aromatic heterocycles. The van der Waals surface area contributed by atoms with Gasteiger partial charge in [-0.3, -0.25) is 4.90 Å². The molecule has 2 aliphatic carbocycles. The molecule has 0 radical (unpaired) electrons. The third kappa shape index (κ3) is 5.24. The summed E-state index contributed by atoms with van der Waals surface area (Å²) < 4.78 is 5.62. The fourth-order valence-electron chi connectivity index (χ4n) is 3.82. The second-order valence-corrected chi connectivity index (χ2v) is 6.50. The Labute approximate surface area is 123 Å². The molecule has 2 rings (SSSR count). The van der Waals surface area contributed by atoms with Crippen LogP contribution in [0.25, 0.3) is 0 Å². The zero-order valence-corrected chi connectivity index (χ0v) is 13.0. The summed E-state index contributed by atoms with van der Waals surface area (Å²) >= 11 is 5.68. The Kier molecular flexibility index (Phi) is 7.55. The molecule has 0 spiro atoms. The predicted octanol–water partition coefficient (Wildman–Crippen LogP) is 4.21. The van der Waals surface area contributed by atoms with Crippen LogP contribution in [0.1, 0.15) is 64.2 Å². The van der Waals surface area contributed by atoms with E-state index in [9.17, 15) is 0 Å². The average molecular weight is 288 g/mol. The van der Waals surface area contributed by atoms with Crippen LogP contribution in [0.15, 0.2) is 0 Å². The van der Waals surface area contributed by atoms with E-state index in [1.165, 1.54) is 64.2 Å². The summed E-state index contributed by atoms with van der Waals surface area (Å²) in [6, 6.07) is 1.66. The number of nitrogens with zero attached hydrogens (tertiary/aromatic N) is 1. The lowest BCUT2D eigenvalue weighted by atomic mass is 9.88. The quantitative estimate of drug-likeness (QED) is 0.514. The Balaban J connectivity index is 1.83. The van der Waals surface area contributed by atoms with E-state index >= 15 is 0 Å². The Hall–Kier alpha value is 0.210. The highest BCUT2D eigenvalue weighted by atomic mass is 35.5. The first kappa shape index (κ1) is 15.6. The van der Waals surface area contributed by atoms with Gasteiger partial charge in [0, 0.05) is 24.5 Å². The van der Waals surface area contributed by atoms with Crippen molar-refractivity contribution < 1.29 is 4.74 Å². The molecular formula is C16H30ClNO. The Morgan fingerprint density at radius 3 is 1.79 bits per heavy atom. The van der Waals surface area contributed by atoms with Gasteiger partial charge in [-0.25, -0.2) is 0 Å². The fraction of sp³-hybridized carbons (Fsp3) is 1.00. The summed E-state index contributed by atoms with van der Waals surface area (Å²) in [5.74, 6) is 0.618. The topological polar surface area (TPSA) is 12.5 Å². The van der Waals surface area contributed by atoms with Crippen LogP contribution >= 0.6 is 11.6 Å². The zero-order chi connectivity index (χ0) is 13.3. The van der Waals surface area contributed by atoms with Crippen LogP contribution in [0.2, 0.25) is 0 Å². The fourth-order valence-corrected chi connectivity index (χ4v) is 3.92. The van der Waals surface area contributed by atoms with Gasteiger partial charge < -0.3 is 4.74 Å². The van der Waals surface area contributed by atoms with Crippen molar-refractivity contribution in [3.05, 3.63) is 0 Å². The van der Waals surface area contributed by atoms with Crippen molar-refractivity contribution in [3.8, 4) is 0 Å². The molecule has 2 aliphatic rings. The van der Waals surface area contributed by atoms with Gasteiger partial charge in [0.25, 0.3) is 0 Å². The molecule has 0 amide bonds. The highest BCUT2D eigenvalue weighted by Crippen LogP contribution is 2.29. The van der Waals surface area contributed by atoms with Gasteiger partial charge in [-0.05, 0) is 25.7 Å². The van der Waals surface area contributed by atoms with Crippen LogP contribution in [0, 0.1) is 0 Å². The standard InChI is InChI=1S/C16H30ClNO/c17-11-13-19-14-12-18(15-7-3-1-4-8-15)16-9-5-2-6-10-16/h15-16H,1-14H2. The average Bonchev–Trinajstić information content (AvgIpc) is 2.49. The maximum atomic E-state index is 5.68. The van der Waals surface area contributed by atoms with E-state index in [4.69, 9.17) is 16.3 Å². The minimum absolute atomic E-state index is 0.618. The van der Waals surface area contributed by atoms with Gasteiger partial charge in [0.2, 0.25) is 0 Å². The van der Waals surface area contributed by atoms with E-state index in [0.717, 1.165) is 25.2 Å². The van der Waals surface area contributed by atoms with Gasteiger partial charge in [0.15, 0.2) is 0 Å². The second kappa shape index (κ2) is 9.20. The van der Waals surface area contributed by atoms with Crippen molar-refractivity contribution in [1.29, 1.82) is 0 Å². The van der Waals surface area contributed by atoms with E-state index in [-0.39, 0.29) is 0 Å². The number of rotatable bonds is 7. The SMILES string of the molecule is ClCCOCCN(C1CCCCC1)C1CCCCC1. The molecule has 2 nitrogen and oxygen atoms in total. The molecule has 0 bridgehead atoms. The third-order valence-electron chi connectivity index (χ3n) is 4.80. The lowest BCUT2D eigenvalue weighted by Crippen LogP contribution is -2.46. The molecule has 0 heterocycles. The maximum absolute atomic E-state index is 5.68. The van der Waals surface area contributed by atoms with Gasteiger partial charge in [-0.1, -0.05) is 38.5 Å². The van der Waals surface area contributed by atoms with Crippen LogP contribution < -0.4 is 0 Å². The molecule has 0 unspecified atom stereocenters. The summed E-state index contributed by atoms with van der Waals surface area (Å²) in [7, 11) is 0. The largest absolute Gasteiger partial charge is 0.379 e. The van der Waals surface area contributed by atoms with E-state index < -0.39 is 0 Å². The van der Waals surface area contributed by atoms with Crippen molar-refractivity contribution in [2.75, 3.05) is 25.6 Å². The van der Waals surface area contributed by atoms with Crippen LogP contribution in [0.5, 0.6) is 0 Å². The van der Waals surface area contributed by atoms with E-state index in [1.807, 2.05) is 0 Å². The third-order valence-corrected chi connectivity index (χ3v) is 4.96. The van der Waals surface area contributed by atoms with Crippen molar-refractivity contribution in [2.24, 2.45) is 0 Å². The smallest absolute Gasteiger partial charge is 0.0602 e. The van der Waals surface area contributed by atoms with Crippen LogP contribution in [0.3, 0.4) is 0 Å². The summed E-state index contributed by atoms with van der Waals surface area (Å²) in [4.78, 5) is 2.80. The molecular weight excluding hydrogens is 258 g/mol. The molecule has 3 heteroatoms. The number of ether oxygens (including phenoxy) is 1. The molecule has 19 heavy (non-hydrogen) atoms. The van der Waals surface area contributed by atoms with Crippen LogP contribution in [-0.4, -0.2) is 42.6 Å². The monoisotopic (exact) mass is 287 g/mol. The molecule has 2 saturated carbocycles. The molecule has 2 fully saturated rings. The minimum atomic E-state index is 0.618. The lowest BCUT2D eigenvalue weighted by Gasteiger charge is -2.41. The van der Waals surface area contributed by atoms with Crippen molar-refractivity contribution in [3.63, 3.8) is 0 Å². The van der Waals surface area contributed by atoms with E-state index in [0.29, 0.717) is 12.5 Å². The number of halogens is 1. The number of alkyl halides is 1. The molecule has 0 saturated heterocycles. The molecule has 0 aliphatic heterocycles. The highest BCUT2D eigenvalue weighted by molar-refractivity contribution is 6.17. The first-order chi connectivity index (χ1) is 9.42. The Morgan fingerprint density at radius 1 is 0.789 bits per heavy atom. The van der Waals surface area contributed by atoms with Crippen molar-refractivity contribution in [1.82, 2.24) is 4.90 Å². The summed E-state index contributed by atoms with van der Waals surface area (Å²) in [5, 5.41) is 0. The Bertz CT molecular complexity index is 207. The molecule has 0 N–H and O–H groups in total. The predicted molar refractivity (Wildman–Crippen MR) is 82.0 cm³/mol. The van der Waals surface area contributed by atoms with E-state index in [1.54, 1.807) is 0 Å². The van der Waals surface area contributed by atoms with Gasteiger partial charge in [0.05, 0.1) is 13.2 Å². The first-order valence-corrected chi connectivity index (χ1v) is 8.84. The highest BCUT2D eigenvalue weighted by Gasteiger charge is 2.28. The minimum Gasteiger partial charge on any atom is -0.379 e. The van der Waals surface area contributed by atoms with Gasteiger partial charge in [0.1, 0.15) is 0 Å². The number of hydrogen-bond acceptors (Lipinski definition) is 2. The summed E-state index contributed by atoms with van der Waals surface area (Å²) in [6.45, 7) is 2.68. The molecule has 112 valence electrons. The van der Waals surface area contributed by atoms with E-state index in [2.05, 4.69) is 4.90 Å². The van der Waals surface area contributed by atoms with Gasteiger partial charge in [-0.15, -0.1) is 11.6 Å². The number of hydrogen-bond donors (Lipinski definition) is 0. The normalized spacial score (nSPS) is 23.1. The molecule has 0 atom stereocenters. The zero-order valence-electron chi connectivity index (χ0n) is 12.3. The maximum Gasteiger partial charge on any atom is 0.0602 e. The first-order valence-electron chi connectivity index (χ1n) is 8.31. The van der Waals surface area contributed by atoms with Gasteiger partial charge in [-0.2, -0.15) is 0 Å². The van der Waals surface area contributed by atoms with Gasteiger partial charge >= 0.3 is 0 Å². The van der Waals surface area contributed by atoms with Crippen molar-refractivity contribution >= 4 is 11.6 Å². The summed E-state index contributed by atoms with van der Waals surface area (Å²) in [6.07, 6.45) is 14.2. The van der Waals surface area contributed by atoms with Crippen LogP contribution in [0.4, 0.5) is 0 Å². The molecule has 0 aromatic rings. The second-order valence-electron chi connectivity index (χ2n) is 6.12. The summed E-state index contributed by atoms with van der Waals surface area (Å²) in [5.41, 5.74) is 0. The van der Waals surface area contributed by atoms with Crippen LogP contribution in [-0.2, 0) is 4.74 Å². The van der Waals surface area contributed by atoms with Crippen molar-refractivity contribution in [2.45, 2.75) is 76.3 Å². The Morgan fingerprint density at radius 2 is 1.32 bits per heavy atom. The molecule has 0 aromatic carbocycles. The lowest BCUT2D eigenvalue weighted by molar-refractivity contribution is 0.0415.